The minimum atomic E-state index is -3.37. The Hall–Kier alpha value is -0.700. The topological polar surface area (TPSA) is 90.0 Å². The molecule has 8 heteroatoms. The minimum Gasteiger partial charge on any atom is -0.480 e. The molecule has 2 rings (SSSR count). The SMILES string of the molecule is CCCNS(=O)(=O)N1CCC(N2CCCC2C(=O)O)CC1. The van der Waals surface area contributed by atoms with Gasteiger partial charge in [-0.2, -0.15) is 12.7 Å². The summed E-state index contributed by atoms with van der Waals surface area (Å²) in [6, 6.07) is -0.206. The van der Waals surface area contributed by atoms with Gasteiger partial charge in [-0.3, -0.25) is 9.69 Å². The Morgan fingerprint density at radius 3 is 2.48 bits per heavy atom. The molecule has 21 heavy (non-hydrogen) atoms. The standard InChI is InChI=1S/C13H25N3O4S/c1-2-7-14-21(19,20)15-9-5-11(6-10-15)16-8-3-4-12(16)13(17)18/h11-12,14H,2-10H2,1H3,(H,17,18). The van der Waals surface area contributed by atoms with E-state index in [0.717, 1.165) is 19.4 Å². The highest BCUT2D eigenvalue weighted by molar-refractivity contribution is 7.87. The lowest BCUT2D eigenvalue weighted by molar-refractivity contribution is -0.143. The number of carbonyl (C=O) groups is 1. The molecule has 0 radical (unpaired) electrons. The predicted octanol–water partition coefficient (Wildman–Crippen LogP) is 0.244. The Labute approximate surface area is 126 Å². The summed E-state index contributed by atoms with van der Waals surface area (Å²) in [5.41, 5.74) is 0. The fraction of sp³-hybridized carbons (Fsp3) is 0.923. The summed E-state index contributed by atoms with van der Waals surface area (Å²) in [5.74, 6) is -0.757. The van der Waals surface area contributed by atoms with Crippen LogP contribution in [0.25, 0.3) is 0 Å². The van der Waals surface area contributed by atoms with Crippen molar-refractivity contribution < 1.29 is 18.3 Å². The van der Waals surface area contributed by atoms with Crippen LogP contribution in [0.1, 0.15) is 39.0 Å². The van der Waals surface area contributed by atoms with Crippen LogP contribution in [0.4, 0.5) is 0 Å². The molecule has 7 nitrogen and oxygen atoms in total. The molecule has 0 spiro atoms. The van der Waals surface area contributed by atoms with Gasteiger partial charge in [0.25, 0.3) is 10.2 Å². The van der Waals surface area contributed by atoms with E-state index in [-0.39, 0.29) is 6.04 Å². The predicted molar refractivity (Wildman–Crippen MR) is 79.2 cm³/mol. The van der Waals surface area contributed by atoms with Crippen molar-refractivity contribution in [3.05, 3.63) is 0 Å². The molecule has 2 aliphatic rings. The molecular formula is C13H25N3O4S. The van der Waals surface area contributed by atoms with Crippen LogP contribution in [-0.4, -0.2) is 67.0 Å². The molecule has 2 fully saturated rings. The van der Waals surface area contributed by atoms with Crippen molar-refractivity contribution in [3.8, 4) is 0 Å². The first-order valence-electron chi connectivity index (χ1n) is 7.69. The molecule has 2 N–H and O–H groups in total. The van der Waals surface area contributed by atoms with E-state index in [9.17, 15) is 18.3 Å². The van der Waals surface area contributed by atoms with Crippen LogP contribution in [0.3, 0.4) is 0 Å². The summed E-state index contributed by atoms with van der Waals surface area (Å²) in [7, 11) is -3.37. The fourth-order valence-corrected chi connectivity index (χ4v) is 4.56. The highest BCUT2D eigenvalue weighted by atomic mass is 32.2. The maximum absolute atomic E-state index is 12.1. The van der Waals surface area contributed by atoms with Gasteiger partial charge in [-0.25, -0.2) is 4.72 Å². The lowest BCUT2D eigenvalue weighted by atomic mass is 10.0. The van der Waals surface area contributed by atoms with Crippen LogP contribution in [0.15, 0.2) is 0 Å². The van der Waals surface area contributed by atoms with Crippen LogP contribution < -0.4 is 4.72 Å². The van der Waals surface area contributed by atoms with E-state index >= 15 is 0 Å². The molecule has 0 bridgehead atoms. The third-order valence-corrected chi connectivity index (χ3v) is 5.96. The van der Waals surface area contributed by atoms with E-state index in [1.54, 1.807) is 0 Å². The number of rotatable bonds is 6. The lowest BCUT2D eigenvalue weighted by Gasteiger charge is -2.37. The third-order valence-electron chi connectivity index (χ3n) is 4.35. The number of hydrogen-bond donors (Lipinski definition) is 2. The number of carboxylic acids is 1. The quantitative estimate of drug-likeness (QED) is 0.732. The fourth-order valence-electron chi connectivity index (χ4n) is 3.23. The number of likely N-dealkylation sites (tertiary alicyclic amines) is 1. The second-order valence-electron chi connectivity index (χ2n) is 5.76. The number of piperidine rings is 1. The second kappa shape index (κ2) is 7.04. The Bertz CT molecular complexity index is 460. The summed E-state index contributed by atoms with van der Waals surface area (Å²) in [4.78, 5) is 13.3. The van der Waals surface area contributed by atoms with E-state index in [2.05, 4.69) is 4.72 Å². The molecule has 0 amide bonds. The summed E-state index contributed by atoms with van der Waals surface area (Å²) < 4.78 is 28.2. The third kappa shape index (κ3) is 3.94. The van der Waals surface area contributed by atoms with Gasteiger partial charge in [0.2, 0.25) is 0 Å². The largest absolute Gasteiger partial charge is 0.480 e. The summed E-state index contributed by atoms with van der Waals surface area (Å²) >= 11 is 0. The van der Waals surface area contributed by atoms with Gasteiger partial charge in [0.05, 0.1) is 0 Å². The molecule has 0 aromatic carbocycles. The maximum atomic E-state index is 12.1. The molecule has 122 valence electrons. The summed E-state index contributed by atoms with van der Waals surface area (Å²) in [6.45, 7) is 4.12. The van der Waals surface area contributed by atoms with Crippen LogP contribution in [0, 0.1) is 0 Å². The average Bonchev–Trinajstić information content (AvgIpc) is 2.95. The van der Waals surface area contributed by atoms with Crippen molar-refractivity contribution >= 4 is 16.2 Å². The zero-order valence-electron chi connectivity index (χ0n) is 12.5. The van der Waals surface area contributed by atoms with Crippen molar-refractivity contribution in [3.63, 3.8) is 0 Å². The number of carboxylic acid groups (broad SMARTS) is 1. The maximum Gasteiger partial charge on any atom is 0.320 e. The Kier molecular flexibility index (Phi) is 5.59. The smallest absolute Gasteiger partial charge is 0.320 e. The average molecular weight is 319 g/mol. The van der Waals surface area contributed by atoms with E-state index in [4.69, 9.17) is 0 Å². The monoisotopic (exact) mass is 319 g/mol. The molecule has 0 aromatic heterocycles. The molecular weight excluding hydrogens is 294 g/mol. The van der Waals surface area contributed by atoms with Crippen molar-refractivity contribution in [1.82, 2.24) is 13.9 Å². The van der Waals surface area contributed by atoms with E-state index in [1.165, 1.54) is 4.31 Å². The molecule has 0 aliphatic carbocycles. The molecule has 0 aromatic rings. The molecule has 2 aliphatic heterocycles. The van der Waals surface area contributed by atoms with Crippen LogP contribution in [0.5, 0.6) is 0 Å². The number of nitrogens with zero attached hydrogens (tertiary/aromatic N) is 2. The first kappa shape index (κ1) is 16.7. The normalized spacial score (nSPS) is 26.2. The van der Waals surface area contributed by atoms with Crippen molar-refractivity contribution in [2.24, 2.45) is 0 Å². The van der Waals surface area contributed by atoms with Crippen LogP contribution in [-0.2, 0) is 15.0 Å². The number of aliphatic carboxylic acids is 1. The molecule has 1 unspecified atom stereocenters. The number of hydrogen-bond acceptors (Lipinski definition) is 4. The highest BCUT2D eigenvalue weighted by Gasteiger charge is 2.38. The molecule has 1 atom stereocenters. The molecule has 2 saturated heterocycles. The van der Waals surface area contributed by atoms with Gasteiger partial charge in [-0.05, 0) is 38.6 Å². The van der Waals surface area contributed by atoms with Crippen molar-refractivity contribution in [1.29, 1.82) is 0 Å². The first-order chi connectivity index (χ1) is 9.95. The zero-order chi connectivity index (χ0) is 15.5. The summed E-state index contributed by atoms with van der Waals surface area (Å²) in [6.07, 6.45) is 3.79. The Morgan fingerprint density at radius 2 is 1.90 bits per heavy atom. The van der Waals surface area contributed by atoms with Gasteiger partial charge in [0, 0.05) is 25.7 Å². The van der Waals surface area contributed by atoms with Crippen LogP contribution in [0.2, 0.25) is 0 Å². The van der Waals surface area contributed by atoms with Gasteiger partial charge in [0.15, 0.2) is 0 Å². The second-order valence-corrected chi connectivity index (χ2v) is 7.52. The van der Waals surface area contributed by atoms with Gasteiger partial charge >= 0.3 is 5.97 Å². The minimum absolute atomic E-state index is 0.186. The Balaban J connectivity index is 1.90. The van der Waals surface area contributed by atoms with E-state index in [1.807, 2.05) is 11.8 Å². The Morgan fingerprint density at radius 1 is 1.24 bits per heavy atom. The van der Waals surface area contributed by atoms with E-state index < -0.39 is 22.2 Å². The van der Waals surface area contributed by atoms with Crippen LogP contribution >= 0.6 is 0 Å². The van der Waals surface area contributed by atoms with Gasteiger partial charge in [-0.15, -0.1) is 0 Å². The summed E-state index contributed by atoms with van der Waals surface area (Å²) in [5, 5.41) is 9.23. The first-order valence-corrected chi connectivity index (χ1v) is 9.13. The number of nitrogens with one attached hydrogen (secondary N) is 1. The van der Waals surface area contributed by atoms with Gasteiger partial charge in [-0.1, -0.05) is 6.92 Å². The lowest BCUT2D eigenvalue weighted by Crippen LogP contribution is -2.51. The van der Waals surface area contributed by atoms with E-state index in [0.29, 0.717) is 38.9 Å². The zero-order valence-corrected chi connectivity index (χ0v) is 13.3. The molecule has 0 saturated carbocycles. The van der Waals surface area contributed by atoms with Gasteiger partial charge in [0.1, 0.15) is 6.04 Å². The van der Waals surface area contributed by atoms with Crippen molar-refractivity contribution in [2.45, 2.75) is 51.1 Å². The van der Waals surface area contributed by atoms with Gasteiger partial charge < -0.3 is 5.11 Å². The highest BCUT2D eigenvalue weighted by Crippen LogP contribution is 2.26. The molecule has 2 heterocycles. The van der Waals surface area contributed by atoms with Crippen molar-refractivity contribution in [2.75, 3.05) is 26.2 Å².